The molecule has 3 nitrogen and oxygen atoms in total. The molecule has 0 atom stereocenters. The molecular weight excluding hydrogens is 190 g/mol. The summed E-state index contributed by atoms with van der Waals surface area (Å²) in [5, 5.41) is 0.367. The lowest BCUT2D eigenvalue weighted by atomic mass is 10.1. The number of hydrogen-bond acceptors (Lipinski definition) is 3. The van der Waals surface area contributed by atoms with Gasteiger partial charge in [0, 0.05) is 0 Å². The number of Topliss-reactive ketones (excluding diaryl/α,β-unsaturated/α-hetero) is 1. The van der Waals surface area contributed by atoms with Crippen LogP contribution in [0.4, 0.5) is 5.69 Å². The van der Waals surface area contributed by atoms with Gasteiger partial charge in [0.2, 0.25) is 0 Å². The van der Waals surface area contributed by atoms with Crippen molar-refractivity contribution in [3.8, 4) is 5.75 Å². The molecule has 0 unspecified atom stereocenters. The Bertz CT molecular complexity index is 350. The number of nitrogen functional groups attached to an aromatic ring is 1. The first kappa shape index (κ1) is 9.86. The van der Waals surface area contributed by atoms with E-state index in [4.69, 9.17) is 22.1 Å². The van der Waals surface area contributed by atoms with Crippen LogP contribution < -0.4 is 10.5 Å². The molecule has 2 N–H and O–H groups in total. The van der Waals surface area contributed by atoms with Crippen molar-refractivity contribution in [2.45, 2.75) is 6.92 Å². The fraction of sp³-hybridized carbons (Fsp3) is 0.222. The second-order valence-corrected chi connectivity index (χ2v) is 3.00. The summed E-state index contributed by atoms with van der Waals surface area (Å²) in [6.45, 7) is 1.42. The Balaban J connectivity index is 3.41. The van der Waals surface area contributed by atoms with Crippen molar-refractivity contribution in [3.05, 3.63) is 22.7 Å². The maximum absolute atomic E-state index is 11.2. The molecule has 70 valence electrons. The lowest BCUT2D eigenvalue weighted by Crippen LogP contribution is -2.03. The summed E-state index contributed by atoms with van der Waals surface area (Å²) in [6, 6.07) is 3.22. The van der Waals surface area contributed by atoms with Crippen LogP contribution in [0.3, 0.4) is 0 Å². The highest BCUT2D eigenvalue weighted by Crippen LogP contribution is 2.30. The third-order valence-corrected chi connectivity index (χ3v) is 2.06. The monoisotopic (exact) mass is 199 g/mol. The smallest absolute Gasteiger partial charge is 0.165 e. The maximum atomic E-state index is 11.2. The number of ketones is 1. The van der Waals surface area contributed by atoms with Gasteiger partial charge in [0.05, 0.1) is 23.4 Å². The van der Waals surface area contributed by atoms with Crippen LogP contribution in [0.2, 0.25) is 5.02 Å². The predicted octanol–water partition coefficient (Wildman–Crippen LogP) is 2.13. The molecule has 0 bridgehead atoms. The molecule has 0 aliphatic rings. The maximum Gasteiger partial charge on any atom is 0.165 e. The van der Waals surface area contributed by atoms with Crippen molar-refractivity contribution in [2.75, 3.05) is 12.8 Å². The molecular formula is C9H10ClNO2. The van der Waals surface area contributed by atoms with Gasteiger partial charge < -0.3 is 10.5 Å². The van der Waals surface area contributed by atoms with E-state index in [2.05, 4.69) is 0 Å². The molecule has 0 aromatic heterocycles. The Morgan fingerprint density at radius 1 is 1.54 bits per heavy atom. The first-order valence-corrected chi connectivity index (χ1v) is 4.08. The Morgan fingerprint density at radius 2 is 2.15 bits per heavy atom. The van der Waals surface area contributed by atoms with E-state index in [1.165, 1.54) is 14.0 Å². The molecule has 0 amide bonds. The van der Waals surface area contributed by atoms with Gasteiger partial charge in [-0.3, -0.25) is 4.79 Å². The van der Waals surface area contributed by atoms with Crippen LogP contribution in [-0.2, 0) is 0 Å². The van der Waals surface area contributed by atoms with Crippen LogP contribution in [0, 0.1) is 0 Å². The number of nitrogens with two attached hydrogens (primary N) is 1. The van der Waals surface area contributed by atoms with Crippen LogP contribution in [0.25, 0.3) is 0 Å². The molecule has 0 saturated carbocycles. The van der Waals surface area contributed by atoms with E-state index in [0.29, 0.717) is 16.3 Å². The number of carbonyl (C=O) groups excluding carboxylic acids is 1. The van der Waals surface area contributed by atoms with Gasteiger partial charge >= 0.3 is 0 Å². The number of ether oxygens (including phenoxy) is 1. The molecule has 4 heteroatoms. The summed E-state index contributed by atoms with van der Waals surface area (Å²) in [4.78, 5) is 11.2. The minimum Gasteiger partial charge on any atom is -0.496 e. The van der Waals surface area contributed by atoms with Crippen LogP contribution in [0.1, 0.15) is 17.3 Å². The molecule has 1 aromatic rings. The van der Waals surface area contributed by atoms with Crippen molar-refractivity contribution < 1.29 is 9.53 Å². The summed E-state index contributed by atoms with van der Waals surface area (Å²) in [5.74, 6) is 0.297. The van der Waals surface area contributed by atoms with Crippen molar-refractivity contribution >= 4 is 23.1 Å². The van der Waals surface area contributed by atoms with Crippen molar-refractivity contribution in [2.24, 2.45) is 0 Å². The molecule has 0 saturated heterocycles. The van der Waals surface area contributed by atoms with Gasteiger partial charge in [0.25, 0.3) is 0 Å². The second kappa shape index (κ2) is 3.66. The minimum atomic E-state index is -0.156. The molecule has 0 spiro atoms. The topological polar surface area (TPSA) is 52.3 Å². The van der Waals surface area contributed by atoms with Gasteiger partial charge in [-0.25, -0.2) is 0 Å². The van der Waals surface area contributed by atoms with E-state index in [9.17, 15) is 4.79 Å². The second-order valence-electron chi connectivity index (χ2n) is 2.59. The highest BCUT2D eigenvalue weighted by atomic mass is 35.5. The highest BCUT2D eigenvalue weighted by molar-refractivity contribution is 6.34. The number of carbonyl (C=O) groups is 1. The van der Waals surface area contributed by atoms with Gasteiger partial charge in [0.1, 0.15) is 5.75 Å². The number of anilines is 1. The van der Waals surface area contributed by atoms with Crippen molar-refractivity contribution in [1.82, 2.24) is 0 Å². The van der Waals surface area contributed by atoms with Crippen LogP contribution in [-0.4, -0.2) is 12.9 Å². The Kier molecular flexibility index (Phi) is 2.78. The molecule has 1 rings (SSSR count). The zero-order valence-corrected chi connectivity index (χ0v) is 8.18. The third-order valence-electron chi connectivity index (χ3n) is 1.73. The number of halogens is 1. The van der Waals surface area contributed by atoms with Crippen LogP contribution >= 0.6 is 11.6 Å². The summed E-state index contributed by atoms with van der Waals surface area (Å²) in [5.41, 5.74) is 6.24. The van der Waals surface area contributed by atoms with Gasteiger partial charge in [-0.05, 0) is 19.1 Å². The Morgan fingerprint density at radius 3 is 2.62 bits per heavy atom. The molecule has 13 heavy (non-hydrogen) atoms. The zero-order valence-electron chi connectivity index (χ0n) is 7.43. The molecule has 0 fully saturated rings. The van der Waals surface area contributed by atoms with E-state index in [0.717, 1.165) is 0 Å². The molecule has 0 radical (unpaired) electrons. The van der Waals surface area contributed by atoms with Gasteiger partial charge in [0.15, 0.2) is 5.78 Å². The fourth-order valence-electron chi connectivity index (χ4n) is 1.11. The largest absolute Gasteiger partial charge is 0.496 e. The first-order chi connectivity index (χ1) is 6.07. The van der Waals surface area contributed by atoms with Gasteiger partial charge in [-0.1, -0.05) is 11.6 Å². The molecule has 0 aliphatic heterocycles. The SMILES string of the molecule is COc1ccc(Cl)c(N)c1C(C)=O. The number of rotatable bonds is 2. The lowest BCUT2D eigenvalue weighted by molar-refractivity contribution is 0.101. The zero-order chi connectivity index (χ0) is 10.0. The molecule has 0 aliphatic carbocycles. The van der Waals surface area contributed by atoms with Gasteiger partial charge in [-0.2, -0.15) is 0 Å². The quantitative estimate of drug-likeness (QED) is 0.587. The van der Waals surface area contributed by atoms with Crippen molar-refractivity contribution in [3.63, 3.8) is 0 Å². The summed E-state index contributed by atoms with van der Waals surface area (Å²) >= 11 is 5.75. The van der Waals surface area contributed by atoms with E-state index in [1.807, 2.05) is 0 Å². The van der Waals surface area contributed by atoms with Crippen molar-refractivity contribution in [1.29, 1.82) is 0 Å². The number of methoxy groups -OCH3 is 1. The normalized spacial score (nSPS) is 9.77. The standard InChI is InChI=1S/C9H10ClNO2/c1-5(12)8-7(13-2)4-3-6(10)9(8)11/h3-4H,11H2,1-2H3. The molecule has 1 aromatic carbocycles. The Labute approximate surface area is 81.4 Å². The van der Waals surface area contributed by atoms with E-state index in [1.54, 1.807) is 12.1 Å². The van der Waals surface area contributed by atoms with Crippen LogP contribution in [0.15, 0.2) is 12.1 Å². The number of hydrogen-bond donors (Lipinski definition) is 1. The average Bonchev–Trinajstić information content (AvgIpc) is 2.08. The average molecular weight is 200 g/mol. The Hall–Kier alpha value is -1.22. The van der Waals surface area contributed by atoms with Crippen LogP contribution in [0.5, 0.6) is 5.75 Å². The summed E-state index contributed by atoms with van der Waals surface area (Å²) in [7, 11) is 1.48. The molecule has 0 heterocycles. The van der Waals surface area contributed by atoms with E-state index in [-0.39, 0.29) is 11.5 Å². The number of benzene rings is 1. The van der Waals surface area contributed by atoms with E-state index >= 15 is 0 Å². The van der Waals surface area contributed by atoms with E-state index < -0.39 is 0 Å². The highest BCUT2D eigenvalue weighted by Gasteiger charge is 2.13. The summed E-state index contributed by atoms with van der Waals surface area (Å²) in [6.07, 6.45) is 0. The first-order valence-electron chi connectivity index (χ1n) is 3.70. The minimum absolute atomic E-state index is 0.156. The summed E-state index contributed by atoms with van der Waals surface area (Å²) < 4.78 is 4.98. The van der Waals surface area contributed by atoms with Gasteiger partial charge in [-0.15, -0.1) is 0 Å². The third kappa shape index (κ3) is 1.75. The fourth-order valence-corrected chi connectivity index (χ4v) is 1.26. The predicted molar refractivity (Wildman–Crippen MR) is 52.4 cm³/mol. The lowest BCUT2D eigenvalue weighted by Gasteiger charge is -2.09.